The van der Waals surface area contributed by atoms with Crippen molar-refractivity contribution in [1.82, 2.24) is 9.97 Å². The summed E-state index contributed by atoms with van der Waals surface area (Å²) < 4.78 is 24.9. The maximum atomic E-state index is 13.8. The molecule has 118 valence electrons. The van der Waals surface area contributed by atoms with Crippen molar-refractivity contribution in [2.45, 2.75) is 6.54 Å². The van der Waals surface area contributed by atoms with Crippen molar-refractivity contribution < 1.29 is 13.9 Å². The molecule has 2 heterocycles. The Bertz CT molecular complexity index is 818. The molecule has 7 heteroatoms. The number of hydrogen-bond acceptors (Lipinski definition) is 4. The quantitative estimate of drug-likeness (QED) is 0.766. The lowest BCUT2D eigenvalue weighted by Gasteiger charge is -2.17. The van der Waals surface area contributed by atoms with Crippen LogP contribution in [0, 0.1) is 5.82 Å². The maximum Gasteiger partial charge on any atom is 0.201 e. The van der Waals surface area contributed by atoms with Crippen molar-refractivity contribution in [2.24, 2.45) is 0 Å². The smallest absolute Gasteiger partial charge is 0.201 e. The van der Waals surface area contributed by atoms with Crippen LogP contribution in [0.5, 0.6) is 11.5 Å². The largest absolute Gasteiger partial charge is 0.486 e. The van der Waals surface area contributed by atoms with Gasteiger partial charge in [-0.25, -0.2) is 9.37 Å². The predicted octanol–water partition coefficient (Wildman–Crippen LogP) is 3.74. The number of ether oxygens (including phenoxy) is 2. The van der Waals surface area contributed by atoms with Crippen LogP contribution in [0.15, 0.2) is 30.3 Å². The zero-order chi connectivity index (χ0) is 15.8. The van der Waals surface area contributed by atoms with Gasteiger partial charge in [0, 0.05) is 29.3 Å². The molecule has 2 N–H and O–H groups in total. The molecule has 5 nitrogen and oxygen atoms in total. The van der Waals surface area contributed by atoms with Gasteiger partial charge < -0.3 is 19.8 Å². The van der Waals surface area contributed by atoms with E-state index in [4.69, 9.17) is 21.1 Å². The SMILES string of the molecule is Fc1cccc(Cl)c1CNc1nc2cc3c(cc2[nH]1)OCCO3. The van der Waals surface area contributed by atoms with Crippen molar-refractivity contribution in [3.8, 4) is 11.5 Å². The van der Waals surface area contributed by atoms with Gasteiger partial charge in [-0.15, -0.1) is 0 Å². The fourth-order valence-electron chi connectivity index (χ4n) is 2.50. The van der Waals surface area contributed by atoms with E-state index in [1.165, 1.54) is 6.07 Å². The van der Waals surface area contributed by atoms with Gasteiger partial charge in [0.1, 0.15) is 19.0 Å². The van der Waals surface area contributed by atoms with E-state index in [1.54, 1.807) is 12.1 Å². The summed E-state index contributed by atoms with van der Waals surface area (Å²) in [5.41, 5.74) is 1.97. The Morgan fingerprint density at radius 3 is 2.78 bits per heavy atom. The van der Waals surface area contributed by atoms with Crippen LogP contribution in [0.1, 0.15) is 5.56 Å². The number of hydrogen-bond donors (Lipinski definition) is 2. The van der Waals surface area contributed by atoms with E-state index < -0.39 is 0 Å². The Balaban J connectivity index is 1.60. The van der Waals surface area contributed by atoms with E-state index in [-0.39, 0.29) is 12.4 Å². The number of imidazole rings is 1. The summed E-state index contributed by atoms with van der Waals surface area (Å²) >= 11 is 6.02. The van der Waals surface area contributed by atoms with E-state index in [9.17, 15) is 4.39 Å². The number of rotatable bonds is 3. The molecule has 0 spiro atoms. The molecule has 23 heavy (non-hydrogen) atoms. The predicted molar refractivity (Wildman–Crippen MR) is 85.8 cm³/mol. The highest BCUT2D eigenvalue weighted by molar-refractivity contribution is 6.31. The fraction of sp³-hybridized carbons (Fsp3) is 0.188. The first kappa shape index (κ1) is 14.1. The summed E-state index contributed by atoms with van der Waals surface area (Å²) in [6, 6.07) is 8.28. The van der Waals surface area contributed by atoms with Gasteiger partial charge in [0.05, 0.1) is 11.0 Å². The molecule has 4 rings (SSSR count). The van der Waals surface area contributed by atoms with E-state index in [0.29, 0.717) is 41.2 Å². The summed E-state index contributed by atoms with van der Waals surface area (Å²) in [6.45, 7) is 1.29. The first-order valence-corrected chi connectivity index (χ1v) is 7.54. The van der Waals surface area contributed by atoms with Crippen molar-refractivity contribution in [3.63, 3.8) is 0 Å². The number of aromatic amines is 1. The van der Waals surface area contributed by atoms with Crippen LogP contribution in [-0.2, 0) is 6.54 Å². The minimum atomic E-state index is -0.349. The number of aromatic nitrogens is 2. The Morgan fingerprint density at radius 2 is 2.00 bits per heavy atom. The fourth-order valence-corrected chi connectivity index (χ4v) is 2.73. The van der Waals surface area contributed by atoms with E-state index in [0.717, 1.165) is 11.0 Å². The Morgan fingerprint density at radius 1 is 1.22 bits per heavy atom. The second-order valence-corrected chi connectivity index (χ2v) is 5.56. The minimum absolute atomic E-state index is 0.234. The highest BCUT2D eigenvalue weighted by Gasteiger charge is 2.15. The normalized spacial score (nSPS) is 13.3. The first-order chi connectivity index (χ1) is 11.2. The molecule has 2 aromatic carbocycles. The molecule has 1 aliphatic heterocycles. The standard InChI is InChI=1S/C16H13ClFN3O2/c17-10-2-1-3-11(18)9(10)8-19-16-20-12-6-14-15(7-13(12)21-16)23-5-4-22-14/h1-3,6-7H,4-5,8H2,(H2,19,20,21). The number of anilines is 1. The third-order valence-electron chi connectivity index (χ3n) is 3.64. The van der Waals surface area contributed by atoms with Gasteiger partial charge in [0.15, 0.2) is 11.5 Å². The van der Waals surface area contributed by atoms with Crippen LogP contribution in [0.25, 0.3) is 11.0 Å². The Hall–Kier alpha value is -2.47. The summed E-state index contributed by atoms with van der Waals surface area (Å²) in [4.78, 5) is 7.56. The van der Waals surface area contributed by atoms with Gasteiger partial charge in [-0.3, -0.25) is 0 Å². The molecule has 0 saturated carbocycles. The monoisotopic (exact) mass is 333 g/mol. The third-order valence-corrected chi connectivity index (χ3v) is 3.99. The molecule has 0 saturated heterocycles. The number of nitrogens with zero attached hydrogens (tertiary/aromatic N) is 1. The van der Waals surface area contributed by atoms with E-state index in [2.05, 4.69) is 15.3 Å². The second-order valence-electron chi connectivity index (χ2n) is 5.15. The van der Waals surface area contributed by atoms with Crippen molar-refractivity contribution in [2.75, 3.05) is 18.5 Å². The van der Waals surface area contributed by atoms with Gasteiger partial charge in [-0.05, 0) is 12.1 Å². The number of H-pyrrole nitrogens is 1. The van der Waals surface area contributed by atoms with Crippen LogP contribution in [0.4, 0.5) is 10.3 Å². The Labute approximate surface area is 136 Å². The third kappa shape index (κ3) is 2.66. The van der Waals surface area contributed by atoms with Gasteiger partial charge in [-0.1, -0.05) is 17.7 Å². The number of halogens is 2. The molecule has 1 aromatic heterocycles. The molecule has 1 aliphatic rings. The van der Waals surface area contributed by atoms with Crippen LogP contribution in [0.2, 0.25) is 5.02 Å². The van der Waals surface area contributed by atoms with Gasteiger partial charge in [0.2, 0.25) is 5.95 Å². The maximum absolute atomic E-state index is 13.8. The second kappa shape index (κ2) is 5.62. The summed E-state index contributed by atoms with van der Waals surface area (Å²) in [6.07, 6.45) is 0. The number of nitrogens with one attached hydrogen (secondary N) is 2. The lowest BCUT2D eigenvalue weighted by molar-refractivity contribution is 0.172. The highest BCUT2D eigenvalue weighted by Crippen LogP contribution is 2.34. The molecule has 0 amide bonds. The van der Waals surface area contributed by atoms with Crippen molar-refractivity contribution in [3.05, 3.63) is 46.7 Å². The van der Waals surface area contributed by atoms with Crippen molar-refractivity contribution >= 4 is 28.6 Å². The molecule has 0 aliphatic carbocycles. The van der Waals surface area contributed by atoms with E-state index >= 15 is 0 Å². The molecule has 3 aromatic rings. The number of fused-ring (bicyclic) bond motifs is 2. The minimum Gasteiger partial charge on any atom is -0.486 e. The highest BCUT2D eigenvalue weighted by atomic mass is 35.5. The molecular formula is C16H13ClFN3O2. The van der Waals surface area contributed by atoms with Crippen LogP contribution in [0.3, 0.4) is 0 Å². The van der Waals surface area contributed by atoms with E-state index in [1.807, 2.05) is 12.1 Å². The zero-order valence-electron chi connectivity index (χ0n) is 12.0. The lowest BCUT2D eigenvalue weighted by Crippen LogP contribution is -2.15. The van der Waals surface area contributed by atoms with Crippen LogP contribution >= 0.6 is 11.6 Å². The average molecular weight is 334 g/mol. The summed E-state index contributed by atoms with van der Waals surface area (Å²) in [7, 11) is 0. The van der Waals surface area contributed by atoms with Gasteiger partial charge >= 0.3 is 0 Å². The van der Waals surface area contributed by atoms with Gasteiger partial charge in [0.25, 0.3) is 0 Å². The topological polar surface area (TPSA) is 59.2 Å². The van der Waals surface area contributed by atoms with Crippen LogP contribution < -0.4 is 14.8 Å². The van der Waals surface area contributed by atoms with Gasteiger partial charge in [-0.2, -0.15) is 0 Å². The summed E-state index contributed by atoms with van der Waals surface area (Å²) in [5, 5.41) is 3.43. The lowest BCUT2D eigenvalue weighted by atomic mass is 10.2. The molecule has 0 radical (unpaired) electrons. The number of benzene rings is 2. The summed E-state index contributed by atoms with van der Waals surface area (Å²) in [5.74, 6) is 1.55. The van der Waals surface area contributed by atoms with Crippen molar-refractivity contribution in [1.29, 1.82) is 0 Å². The molecule has 0 fully saturated rings. The van der Waals surface area contributed by atoms with Crippen LogP contribution in [-0.4, -0.2) is 23.2 Å². The molecular weight excluding hydrogens is 321 g/mol. The Kier molecular flexibility index (Phi) is 3.46. The average Bonchev–Trinajstić information content (AvgIpc) is 2.93. The molecule has 0 bridgehead atoms. The zero-order valence-corrected chi connectivity index (χ0v) is 12.8. The first-order valence-electron chi connectivity index (χ1n) is 7.17. The molecule has 0 atom stereocenters. The molecule has 0 unspecified atom stereocenters.